The van der Waals surface area contributed by atoms with Crippen molar-refractivity contribution < 1.29 is 5.11 Å². The molecule has 0 saturated heterocycles. The summed E-state index contributed by atoms with van der Waals surface area (Å²) in [4.78, 5) is 2.52. The number of benzene rings is 1. The van der Waals surface area contributed by atoms with E-state index < -0.39 is 0 Å². The summed E-state index contributed by atoms with van der Waals surface area (Å²) >= 11 is 3.37. The molecule has 1 unspecified atom stereocenters. The van der Waals surface area contributed by atoms with Crippen LogP contribution in [-0.4, -0.2) is 22.6 Å². The summed E-state index contributed by atoms with van der Waals surface area (Å²) in [5.74, 6) is 0.308. The quantitative estimate of drug-likeness (QED) is 0.798. The van der Waals surface area contributed by atoms with Crippen LogP contribution in [0.15, 0.2) is 22.7 Å². The second kappa shape index (κ2) is 7.80. The van der Waals surface area contributed by atoms with Crippen LogP contribution in [0.2, 0.25) is 0 Å². The highest BCUT2D eigenvalue weighted by Crippen LogP contribution is 2.25. The Morgan fingerprint density at radius 2 is 2.06 bits per heavy atom. The SMILES string of the molecule is CCCCN(Cc1ccc(O)c(Br)c1)C(C)CC. The summed E-state index contributed by atoms with van der Waals surface area (Å²) in [6.45, 7) is 8.84. The normalized spacial score (nSPS) is 12.9. The molecule has 0 amide bonds. The minimum atomic E-state index is 0.308. The fraction of sp³-hybridized carbons (Fsp3) is 0.600. The molecule has 0 bridgehead atoms. The van der Waals surface area contributed by atoms with E-state index in [2.05, 4.69) is 41.6 Å². The van der Waals surface area contributed by atoms with E-state index >= 15 is 0 Å². The lowest BCUT2D eigenvalue weighted by Gasteiger charge is -2.28. The molecule has 0 radical (unpaired) electrons. The highest BCUT2D eigenvalue weighted by Gasteiger charge is 2.12. The number of aromatic hydroxyl groups is 1. The maximum atomic E-state index is 9.51. The number of halogens is 1. The van der Waals surface area contributed by atoms with Crippen LogP contribution in [0.5, 0.6) is 5.75 Å². The summed E-state index contributed by atoms with van der Waals surface area (Å²) in [7, 11) is 0. The van der Waals surface area contributed by atoms with E-state index in [1.54, 1.807) is 6.07 Å². The molecule has 0 aliphatic heterocycles. The number of hydrogen-bond acceptors (Lipinski definition) is 2. The summed E-state index contributed by atoms with van der Waals surface area (Å²) in [6.07, 6.45) is 3.64. The van der Waals surface area contributed by atoms with Gasteiger partial charge in [0.05, 0.1) is 4.47 Å². The molecule has 0 aliphatic carbocycles. The topological polar surface area (TPSA) is 23.5 Å². The third kappa shape index (κ3) is 4.62. The molecule has 1 aromatic rings. The van der Waals surface area contributed by atoms with Crippen LogP contribution >= 0.6 is 15.9 Å². The fourth-order valence-electron chi connectivity index (χ4n) is 1.96. The molecule has 2 nitrogen and oxygen atoms in total. The number of hydrogen-bond donors (Lipinski definition) is 1. The van der Waals surface area contributed by atoms with Crippen molar-refractivity contribution in [1.29, 1.82) is 0 Å². The highest BCUT2D eigenvalue weighted by molar-refractivity contribution is 9.10. The van der Waals surface area contributed by atoms with Crippen LogP contribution in [0.3, 0.4) is 0 Å². The van der Waals surface area contributed by atoms with E-state index in [0.29, 0.717) is 11.8 Å². The van der Waals surface area contributed by atoms with Gasteiger partial charge in [-0.1, -0.05) is 26.3 Å². The van der Waals surface area contributed by atoms with Crippen molar-refractivity contribution in [2.75, 3.05) is 6.54 Å². The van der Waals surface area contributed by atoms with Crippen LogP contribution < -0.4 is 0 Å². The van der Waals surface area contributed by atoms with Crippen molar-refractivity contribution in [3.05, 3.63) is 28.2 Å². The Kier molecular flexibility index (Phi) is 6.72. The molecule has 102 valence electrons. The third-order valence-electron chi connectivity index (χ3n) is 3.41. The van der Waals surface area contributed by atoms with Crippen LogP contribution in [0, 0.1) is 0 Å². The molecule has 1 N–H and O–H groups in total. The zero-order valence-corrected chi connectivity index (χ0v) is 13.2. The number of phenolic OH excluding ortho intramolecular Hbond substituents is 1. The Labute approximate surface area is 119 Å². The molecule has 0 fully saturated rings. The summed E-state index contributed by atoms with van der Waals surface area (Å²) < 4.78 is 0.777. The van der Waals surface area contributed by atoms with Gasteiger partial charge in [-0.2, -0.15) is 0 Å². The molecule has 3 heteroatoms. The molecule has 0 aromatic heterocycles. The zero-order valence-electron chi connectivity index (χ0n) is 11.6. The van der Waals surface area contributed by atoms with Gasteiger partial charge >= 0.3 is 0 Å². The van der Waals surface area contributed by atoms with Gasteiger partial charge in [0, 0.05) is 12.6 Å². The Bertz CT molecular complexity index is 368. The lowest BCUT2D eigenvalue weighted by Crippen LogP contribution is -2.33. The van der Waals surface area contributed by atoms with Crippen molar-refractivity contribution in [2.24, 2.45) is 0 Å². The Hall–Kier alpha value is -0.540. The summed E-state index contributed by atoms with van der Waals surface area (Å²) in [5.41, 5.74) is 1.25. The van der Waals surface area contributed by atoms with E-state index in [4.69, 9.17) is 0 Å². The standard InChI is InChI=1S/C15H24BrNO/c1-4-6-9-17(12(3)5-2)11-13-7-8-15(18)14(16)10-13/h7-8,10,12,18H,4-6,9,11H2,1-3H3. The minimum absolute atomic E-state index is 0.308. The predicted molar refractivity (Wildman–Crippen MR) is 80.9 cm³/mol. The number of phenols is 1. The van der Waals surface area contributed by atoms with E-state index in [1.165, 1.54) is 24.8 Å². The van der Waals surface area contributed by atoms with E-state index in [0.717, 1.165) is 17.6 Å². The second-order valence-electron chi connectivity index (χ2n) is 4.87. The van der Waals surface area contributed by atoms with Gasteiger partial charge in [0.1, 0.15) is 5.75 Å². The second-order valence-corrected chi connectivity index (χ2v) is 5.72. The third-order valence-corrected chi connectivity index (χ3v) is 4.05. The van der Waals surface area contributed by atoms with E-state index in [1.807, 2.05) is 12.1 Å². The molecule has 0 saturated carbocycles. The Balaban J connectivity index is 2.71. The predicted octanol–water partition coefficient (Wildman–Crippen LogP) is 4.56. The molecule has 18 heavy (non-hydrogen) atoms. The van der Waals surface area contributed by atoms with Crippen molar-refractivity contribution in [2.45, 2.75) is 52.6 Å². The van der Waals surface area contributed by atoms with Crippen LogP contribution in [0.4, 0.5) is 0 Å². The maximum absolute atomic E-state index is 9.51. The van der Waals surface area contributed by atoms with Gasteiger partial charge in [-0.3, -0.25) is 4.90 Å². The average Bonchev–Trinajstić information content (AvgIpc) is 2.37. The molecule has 1 atom stereocenters. The van der Waals surface area contributed by atoms with Crippen molar-refractivity contribution >= 4 is 15.9 Å². The summed E-state index contributed by atoms with van der Waals surface area (Å²) in [5, 5.41) is 9.51. The number of nitrogens with zero attached hydrogens (tertiary/aromatic N) is 1. The zero-order chi connectivity index (χ0) is 13.5. The van der Waals surface area contributed by atoms with Crippen LogP contribution in [-0.2, 0) is 6.54 Å². The number of unbranched alkanes of at least 4 members (excludes halogenated alkanes) is 1. The Morgan fingerprint density at radius 1 is 1.33 bits per heavy atom. The lowest BCUT2D eigenvalue weighted by atomic mass is 10.1. The van der Waals surface area contributed by atoms with E-state index in [-0.39, 0.29) is 0 Å². The fourth-order valence-corrected chi connectivity index (χ4v) is 2.38. The largest absolute Gasteiger partial charge is 0.507 e. The number of rotatable bonds is 7. The first kappa shape index (κ1) is 15.5. The molecule has 1 rings (SSSR count). The first-order chi connectivity index (χ1) is 8.58. The van der Waals surface area contributed by atoms with Gasteiger partial charge < -0.3 is 5.11 Å². The van der Waals surface area contributed by atoms with Gasteiger partial charge in [0.15, 0.2) is 0 Å². The first-order valence-electron chi connectivity index (χ1n) is 6.79. The average molecular weight is 314 g/mol. The molecule has 0 heterocycles. The van der Waals surface area contributed by atoms with Gasteiger partial charge in [0.2, 0.25) is 0 Å². The van der Waals surface area contributed by atoms with Crippen LogP contribution in [0.25, 0.3) is 0 Å². The van der Waals surface area contributed by atoms with Crippen molar-refractivity contribution in [1.82, 2.24) is 4.90 Å². The van der Waals surface area contributed by atoms with Gasteiger partial charge in [-0.25, -0.2) is 0 Å². The van der Waals surface area contributed by atoms with Crippen LogP contribution in [0.1, 0.15) is 45.6 Å². The van der Waals surface area contributed by atoms with Gasteiger partial charge in [-0.05, 0) is 59.9 Å². The minimum Gasteiger partial charge on any atom is -0.507 e. The first-order valence-corrected chi connectivity index (χ1v) is 7.59. The molecular weight excluding hydrogens is 290 g/mol. The van der Waals surface area contributed by atoms with Gasteiger partial charge in [-0.15, -0.1) is 0 Å². The monoisotopic (exact) mass is 313 g/mol. The van der Waals surface area contributed by atoms with Gasteiger partial charge in [0.25, 0.3) is 0 Å². The Morgan fingerprint density at radius 3 is 2.61 bits per heavy atom. The smallest absolute Gasteiger partial charge is 0.129 e. The molecule has 1 aromatic carbocycles. The maximum Gasteiger partial charge on any atom is 0.129 e. The molecule has 0 aliphatic rings. The highest BCUT2D eigenvalue weighted by atomic mass is 79.9. The lowest BCUT2D eigenvalue weighted by molar-refractivity contribution is 0.192. The summed E-state index contributed by atoms with van der Waals surface area (Å²) in [6, 6.07) is 6.37. The molecular formula is C15H24BrNO. The molecule has 0 spiro atoms. The van der Waals surface area contributed by atoms with E-state index in [9.17, 15) is 5.11 Å². The van der Waals surface area contributed by atoms with Crippen molar-refractivity contribution in [3.8, 4) is 5.75 Å². The van der Waals surface area contributed by atoms with Crippen molar-refractivity contribution in [3.63, 3.8) is 0 Å².